The predicted octanol–water partition coefficient (Wildman–Crippen LogP) is 1.02. The van der Waals surface area contributed by atoms with Gasteiger partial charge in [0.05, 0.1) is 30.2 Å². The lowest BCUT2D eigenvalue weighted by Gasteiger charge is -2.11. The van der Waals surface area contributed by atoms with Crippen molar-refractivity contribution in [2.75, 3.05) is 18.9 Å². The first kappa shape index (κ1) is 14.0. The van der Waals surface area contributed by atoms with Crippen LogP contribution in [-0.2, 0) is 0 Å². The Balaban J connectivity index is 2.39. The first-order valence-corrected chi connectivity index (χ1v) is 6.14. The molecule has 0 atom stereocenters. The number of nitrogens with zero attached hydrogens (tertiary/aromatic N) is 3. The summed E-state index contributed by atoms with van der Waals surface area (Å²) in [6, 6.07) is 3.10. The molecule has 0 saturated carbocycles. The Bertz CT molecular complexity index is 621. The zero-order valence-corrected chi connectivity index (χ0v) is 11.4. The molecule has 0 radical (unpaired) electrons. The number of amidine groups is 1. The van der Waals surface area contributed by atoms with Crippen LogP contribution in [-0.4, -0.2) is 45.6 Å². The summed E-state index contributed by atoms with van der Waals surface area (Å²) < 4.78 is 0. The molecule has 0 aromatic heterocycles. The van der Waals surface area contributed by atoms with Crippen molar-refractivity contribution < 1.29 is 10.2 Å². The second-order valence-electron chi connectivity index (χ2n) is 4.54. The van der Waals surface area contributed by atoms with E-state index in [1.54, 1.807) is 19.9 Å². The van der Waals surface area contributed by atoms with Gasteiger partial charge < -0.3 is 15.9 Å². The van der Waals surface area contributed by atoms with E-state index in [1.807, 2.05) is 0 Å². The van der Waals surface area contributed by atoms with E-state index in [0.717, 1.165) is 0 Å². The van der Waals surface area contributed by atoms with Crippen molar-refractivity contribution in [1.82, 2.24) is 5.01 Å². The second kappa shape index (κ2) is 5.30. The lowest BCUT2D eigenvalue weighted by molar-refractivity contribution is 0.255. The molecular formula is C13H17N5O2. The second-order valence-corrected chi connectivity index (χ2v) is 4.54. The highest BCUT2D eigenvalue weighted by Gasteiger charge is 2.25. The molecule has 0 fully saturated rings. The summed E-state index contributed by atoms with van der Waals surface area (Å²) in [5.74, 6) is 0.238. The van der Waals surface area contributed by atoms with Gasteiger partial charge in [-0.3, -0.25) is 5.41 Å². The monoisotopic (exact) mass is 275 g/mol. The topological polar surface area (TPSA) is 118 Å². The van der Waals surface area contributed by atoms with Crippen molar-refractivity contribution in [3.8, 4) is 5.75 Å². The Kier molecular flexibility index (Phi) is 3.71. The van der Waals surface area contributed by atoms with E-state index >= 15 is 0 Å². The van der Waals surface area contributed by atoms with Crippen molar-refractivity contribution >= 4 is 28.6 Å². The number of aryl methyl sites for hydroxylation is 1. The van der Waals surface area contributed by atoms with Crippen LogP contribution >= 0.6 is 0 Å². The van der Waals surface area contributed by atoms with E-state index in [1.165, 1.54) is 11.1 Å². The Morgan fingerprint density at radius 3 is 2.75 bits per heavy atom. The highest BCUT2D eigenvalue weighted by Crippen LogP contribution is 2.30. The molecule has 1 aromatic carbocycles. The molecule has 20 heavy (non-hydrogen) atoms. The van der Waals surface area contributed by atoms with Gasteiger partial charge >= 0.3 is 0 Å². The minimum Gasteiger partial charge on any atom is -0.508 e. The summed E-state index contributed by atoms with van der Waals surface area (Å²) in [7, 11) is 0. The standard InChI is InChI=1S/C13H17N5O2/c1-7-5-10(9(14)6-11(7)20)16-12-8(2)17-18(3-4-19)13(12)15/h5-6,15,19-20H,3-4,14H2,1-2H3. The van der Waals surface area contributed by atoms with Gasteiger partial charge in [0.25, 0.3) is 0 Å². The van der Waals surface area contributed by atoms with Crippen LogP contribution in [0.1, 0.15) is 12.5 Å². The summed E-state index contributed by atoms with van der Waals surface area (Å²) >= 11 is 0. The maximum atomic E-state index is 9.57. The number of rotatable bonds is 3. The van der Waals surface area contributed by atoms with Crippen molar-refractivity contribution in [1.29, 1.82) is 5.41 Å². The summed E-state index contributed by atoms with van der Waals surface area (Å²) in [5.41, 5.74) is 8.30. The molecule has 1 aromatic rings. The van der Waals surface area contributed by atoms with Gasteiger partial charge in [-0.1, -0.05) is 0 Å². The SMILES string of the molecule is CC1=NN(CCO)C(=N)C1=Nc1cc(C)c(O)cc1N. The first-order chi connectivity index (χ1) is 9.43. The van der Waals surface area contributed by atoms with Crippen LogP contribution in [0, 0.1) is 12.3 Å². The summed E-state index contributed by atoms with van der Waals surface area (Å²) in [6.45, 7) is 3.65. The average molecular weight is 275 g/mol. The van der Waals surface area contributed by atoms with E-state index in [4.69, 9.17) is 16.2 Å². The van der Waals surface area contributed by atoms with Gasteiger partial charge in [-0.15, -0.1) is 0 Å². The zero-order valence-electron chi connectivity index (χ0n) is 11.4. The molecule has 0 spiro atoms. The molecular weight excluding hydrogens is 258 g/mol. The normalized spacial score (nSPS) is 16.9. The molecule has 0 saturated heterocycles. The van der Waals surface area contributed by atoms with Crippen LogP contribution in [0.25, 0.3) is 0 Å². The molecule has 106 valence electrons. The maximum Gasteiger partial charge on any atom is 0.169 e. The molecule has 5 N–H and O–H groups in total. The van der Waals surface area contributed by atoms with Gasteiger partial charge in [0, 0.05) is 6.07 Å². The Labute approximate surface area is 116 Å². The van der Waals surface area contributed by atoms with Crippen molar-refractivity contribution in [3.05, 3.63) is 17.7 Å². The molecule has 0 unspecified atom stereocenters. The van der Waals surface area contributed by atoms with Crippen LogP contribution in [0.4, 0.5) is 11.4 Å². The van der Waals surface area contributed by atoms with Crippen LogP contribution in [0.2, 0.25) is 0 Å². The Morgan fingerprint density at radius 1 is 1.40 bits per heavy atom. The number of phenolic OH excluding ortho intramolecular Hbond substituents is 1. The molecule has 1 heterocycles. The lowest BCUT2D eigenvalue weighted by atomic mass is 10.1. The number of aliphatic hydroxyl groups excluding tert-OH is 1. The van der Waals surface area contributed by atoms with E-state index in [2.05, 4.69) is 10.1 Å². The number of aliphatic imine (C=N–C) groups is 1. The van der Waals surface area contributed by atoms with Crippen LogP contribution < -0.4 is 5.73 Å². The van der Waals surface area contributed by atoms with E-state index in [0.29, 0.717) is 28.4 Å². The average Bonchev–Trinajstić information content (AvgIpc) is 2.64. The van der Waals surface area contributed by atoms with Crippen molar-refractivity contribution in [3.63, 3.8) is 0 Å². The number of nitrogens with two attached hydrogens (primary N) is 1. The Morgan fingerprint density at radius 2 is 2.10 bits per heavy atom. The maximum absolute atomic E-state index is 9.57. The molecule has 7 nitrogen and oxygen atoms in total. The third-order valence-electron chi connectivity index (χ3n) is 2.99. The van der Waals surface area contributed by atoms with Gasteiger partial charge in [-0.2, -0.15) is 5.10 Å². The number of nitrogen functional groups attached to an aromatic ring is 1. The van der Waals surface area contributed by atoms with E-state index < -0.39 is 0 Å². The fraction of sp³-hybridized carbons (Fsp3) is 0.308. The van der Waals surface area contributed by atoms with Gasteiger partial charge in [0.15, 0.2) is 5.84 Å². The molecule has 0 bridgehead atoms. The van der Waals surface area contributed by atoms with Gasteiger partial charge in [-0.25, -0.2) is 10.0 Å². The highest BCUT2D eigenvalue weighted by atomic mass is 16.3. The first-order valence-electron chi connectivity index (χ1n) is 6.14. The van der Waals surface area contributed by atoms with Crippen molar-refractivity contribution in [2.45, 2.75) is 13.8 Å². The summed E-state index contributed by atoms with van der Waals surface area (Å²) in [5, 5.41) is 32.0. The molecule has 7 heteroatoms. The van der Waals surface area contributed by atoms with Crippen LogP contribution in [0.5, 0.6) is 5.75 Å². The van der Waals surface area contributed by atoms with Gasteiger partial charge in [-0.05, 0) is 25.5 Å². The number of phenols is 1. The number of β-amino-alcohol motifs (C(OH)–C–C–N with tert-alkyl or cyclic N) is 1. The molecule has 1 aliphatic heterocycles. The fourth-order valence-corrected chi connectivity index (χ4v) is 1.88. The molecule has 1 aliphatic rings. The predicted molar refractivity (Wildman–Crippen MR) is 79.0 cm³/mol. The van der Waals surface area contributed by atoms with Gasteiger partial charge in [0.1, 0.15) is 11.5 Å². The number of hydrogen-bond donors (Lipinski definition) is 4. The quantitative estimate of drug-likeness (QED) is 0.616. The number of nitrogens with one attached hydrogen (secondary N) is 1. The molecule has 0 amide bonds. The van der Waals surface area contributed by atoms with E-state index in [9.17, 15) is 5.11 Å². The number of anilines is 1. The number of aromatic hydroxyl groups is 1. The third kappa shape index (κ3) is 2.48. The lowest BCUT2D eigenvalue weighted by Crippen LogP contribution is -2.28. The number of hydrazone groups is 1. The van der Waals surface area contributed by atoms with Crippen LogP contribution in [0.3, 0.4) is 0 Å². The highest BCUT2D eigenvalue weighted by molar-refractivity contribution is 6.69. The summed E-state index contributed by atoms with van der Waals surface area (Å²) in [6.07, 6.45) is 0. The number of hydrogen-bond acceptors (Lipinski definition) is 6. The number of benzene rings is 1. The van der Waals surface area contributed by atoms with E-state index in [-0.39, 0.29) is 24.7 Å². The van der Waals surface area contributed by atoms with Crippen molar-refractivity contribution in [2.24, 2.45) is 10.1 Å². The van der Waals surface area contributed by atoms with Crippen LogP contribution in [0.15, 0.2) is 22.2 Å². The molecule has 2 rings (SSSR count). The largest absolute Gasteiger partial charge is 0.508 e. The summed E-state index contributed by atoms with van der Waals surface area (Å²) in [4.78, 5) is 4.36. The minimum absolute atomic E-state index is 0.0904. The Hall–Kier alpha value is -2.41. The zero-order chi connectivity index (χ0) is 14.9. The van der Waals surface area contributed by atoms with Gasteiger partial charge in [0.2, 0.25) is 0 Å². The third-order valence-corrected chi connectivity index (χ3v) is 2.99. The smallest absolute Gasteiger partial charge is 0.169 e. The fourth-order valence-electron chi connectivity index (χ4n) is 1.88. The minimum atomic E-state index is -0.0904. The number of aliphatic hydroxyl groups is 1. The molecule has 0 aliphatic carbocycles.